The predicted molar refractivity (Wildman–Crippen MR) is 51.7 cm³/mol. The summed E-state index contributed by atoms with van der Waals surface area (Å²) in [6.07, 6.45) is 0.808. The number of rotatable bonds is 1. The molecule has 1 aromatic carbocycles. The molecule has 0 heterocycles. The van der Waals surface area contributed by atoms with Gasteiger partial charge in [-0.05, 0) is 28.1 Å². The van der Waals surface area contributed by atoms with Crippen molar-refractivity contribution in [1.82, 2.24) is 0 Å². The first-order valence-electron chi connectivity index (χ1n) is 3.62. The highest BCUT2D eigenvalue weighted by Gasteiger charge is 2.01. The molecule has 0 N–H and O–H groups in total. The van der Waals surface area contributed by atoms with Crippen LogP contribution in [0.4, 0.5) is 4.39 Å². The maximum atomic E-state index is 13.1. The Hall–Kier alpha value is -1.14. The summed E-state index contributed by atoms with van der Waals surface area (Å²) in [6, 6.07) is 4.62. The summed E-state index contributed by atoms with van der Waals surface area (Å²) < 4.78 is 13.7. The lowest BCUT2D eigenvalue weighted by molar-refractivity contribution is -0.107. The Balaban J connectivity index is 3.01. The first-order chi connectivity index (χ1) is 6.25. The van der Waals surface area contributed by atoms with E-state index >= 15 is 0 Å². The number of hydrogen-bond acceptors (Lipinski definition) is 1. The van der Waals surface area contributed by atoms with Crippen molar-refractivity contribution in [3.63, 3.8) is 0 Å². The van der Waals surface area contributed by atoms with Gasteiger partial charge in [0.05, 0.1) is 12.0 Å². The van der Waals surface area contributed by atoms with E-state index in [2.05, 4.69) is 27.8 Å². The van der Waals surface area contributed by atoms with Crippen LogP contribution in [-0.4, -0.2) is 6.29 Å². The van der Waals surface area contributed by atoms with E-state index in [9.17, 15) is 9.18 Å². The third-order valence-electron chi connectivity index (χ3n) is 1.36. The molecule has 3 heteroatoms. The monoisotopic (exact) mass is 240 g/mol. The van der Waals surface area contributed by atoms with Gasteiger partial charge in [-0.2, -0.15) is 0 Å². The number of aldehydes is 1. The zero-order valence-corrected chi connectivity index (χ0v) is 8.27. The molecule has 1 nitrogen and oxygen atoms in total. The first-order valence-corrected chi connectivity index (χ1v) is 4.41. The molecular formula is C10H6BrFO. The Morgan fingerprint density at radius 3 is 2.92 bits per heavy atom. The van der Waals surface area contributed by atoms with Gasteiger partial charge in [-0.3, -0.25) is 0 Å². The molecule has 13 heavy (non-hydrogen) atoms. The van der Waals surface area contributed by atoms with Gasteiger partial charge in [0.25, 0.3) is 0 Å². The molecule has 0 aromatic heterocycles. The van der Waals surface area contributed by atoms with Crippen molar-refractivity contribution >= 4 is 22.2 Å². The van der Waals surface area contributed by atoms with Crippen LogP contribution in [0.2, 0.25) is 0 Å². The van der Waals surface area contributed by atoms with E-state index in [0.717, 1.165) is 0 Å². The second-order valence-corrected chi connectivity index (χ2v) is 3.12. The Labute approximate surface area is 84.1 Å². The molecule has 0 aliphatic carbocycles. The SMILES string of the molecule is O=CCC#Cc1c(F)cccc1Br. The van der Waals surface area contributed by atoms with Crippen molar-refractivity contribution in [2.24, 2.45) is 0 Å². The fraction of sp³-hybridized carbons (Fsp3) is 0.100. The van der Waals surface area contributed by atoms with E-state index in [-0.39, 0.29) is 12.2 Å². The maximum Gasteiger partial charge on any atom is 0.139 e. The zero-order valence-electron chi connectivity index (χ0n) is 6.68. The molecule has 0 saturated heterocycles. The summed E-state index contributed by atoms with van der Waals surface area (Å²) in [6.45, 7) is 0. The Kier molecular flexibility index (Phi) is 3.66. The van der Waals surface area contributed by atoms with E-state index in [1.165, 1.54) is 6.07 Å². The summed E-state index contributed by atoms with van der Waals surface area (Å²) in [7, 11) is 0. The van der Waals surface area contributed by atoms with Crippen LogP contribution in [0, 0.1) is 17.7 Å². The van der Waals surface area contributed by atoms with Crippen LogP contribution >= 0.6 is 15.9 Å². The minimum Gasteiger partial charge on any atom is -0.302 e. The minimum atomic E-state index is -0.382. The van der Waals surface area contributed by atoms with Crippen molar-refractivity contribution < 1.29 is 9.18 Å². The van der Waals surface area contributed by atoms with Gasteiger partial charge in [0.2, 0.25) is 0 Å². The van der Waals surface area contributed by atoms with Crippen molar-refractivity contribution in [3.8, 4) is 11.8 Å². The highest BCUT2D eigenvalue weighted by atomic mass is 79.9. The smallest absolute Gasteiger partial charge is 0.139 e. The molecular weight excluding hydrogens is 235 g/mol. The van der Waals surface area contributed by atoms with Crippen molar-refractivity contribution in [2.75, 3.05) is 0 Å². The summed E-state index contributed by atoms with van der Waals surface area (Å²) in [5.74, 6) is 4.74. The first kappa shape index (κ1) is 9.94. The van der Waals surface area contributed by atoms with Crippen LogP contribution in [0.15, 0.2) is 22.7 Å². The molecule has 0 fully saturated rings. The fourth-order valence-corrected chi connectivity index (χ4v) is 1.24. The van der Waals surface area contributed by atoms with E-state index < -0.39 is 0 Å². The lowest BCUT2D eigenvalue weighted by Crippen LogP contribution is -1.84. The normalized spacial score (nSPS) is 8.77. The van der Waals surface area contributed by atoms with E-state index in [1.54, 1.807) is 12.1 Å². The third kappa shape index (κ3) is 2.67. The van der Waals surface area contributed by atoms with Gasteiger partial charge in [0.1, 0.15) is 12.1 Å². The molecule has 1 aromatic rings. The van der Waals surface area contributed by atoms with Crippen LogP contribution < -0.4 is 0 Å². The molecule has 0 bridgehead atoms. The number of benzene rings is 1. The van der Waals surface area contributed by atoms with Crippen molar-refractivity contribution in [1.29, 1.82) is 0 Å². The number of carbonyl (C=O) groups is 1. The topological polar surface area (TPSA) is 17.1 Å². The average Bonchev–Trinajstić information content (AvgIpc) is 2.10. The molecule has 0 unspecified atom stereocenters. The predicted octanol–water partition coefficient (Wildman–Crippen LogP) is 2.53. The van der Waals surface area contributed by atoms with Gasteiger partial charge in [-0.25, -0.2) is 4.39 Å². The molecule has 0 spiro atoms. The molecule has 0 radical (unpaired) electrons. The quantitative estimate of drug-likeness (QED) is 0.545. The summed E-state index contributed by atoms with van der Waals surface area (Å²) in [5, 5.41) is 0. The van der Waals surface area contributed by atoms with Crippen LogP contribution in [0.3, 0.4) is 0 Å². The number of carbonyl (C=O) groups excluding carboxylic acids is 1. The summed E-state index contributed by atoms with van der Waals surface area (Å²) >= 11 is 3.17. The van der Waals surface area contributed by atoms with E-state index in [4.69, 9.17) is 0 Å². The molecule has 0 amide bonds. The fourth-order valence-electron chi connectivity index (χ4n) is 0.798. The van der Waals surface area contributed by atoms with Crippen LogP contribution in [0.25, 0.3) is 0 Å². The van der Waals surface area contributed by atoms with E-state index in [1.807, 2.05) is 0 Å². The van der Waals surface area contributed by atoms with Gasteiger partial charge < -0.3 is 4.79 Å². The highest BCUT2D eigenvalue weighted by molar-refractivity contribution is 9.10. The number of halogens is 2. The number of hydrogen-bond donors (Lipinski definition) is 0. The van der Waals surface area contributed by atoms with Gasteiger partial charge in [-0.1, -0.05) is 17.9 Å². The van der Waals surface area contributed by atoms with Gasteiger partial charge in [-0.15, -0.1) is 0 Å². The lowest BCUT2D eigenvalue weighted by Gasteiger charge is -1.95. The molecule has 66 valence electrons. The zero-order chi connectivity index (χ0) is 9.68. The van der Waals surface area contributed by atoms with Gasteiger partial charge in [0.15, 0.2) is 0 Å². The van der Waals surface area contributed by atoms with Gasteiger partial charge >= 0.3 is 0 Å². The summed E-state index contributed by atoms with van der Waals surface area (Å²) in [4.78, 5) is 9.96. The van der Waals surface area contributed by atoms with Crippen molar-refractivity contribution in [2.45, 2.75) is 6.42 Å². The average molecular weight is 241 g/mol. The summed E-state index contributed by atoms with van der Waals surface area (Å²) in [5.41, 5.74) is 0.296. The van der Waals surface area contributed by atoms with Crippen LogP contribution in [0.5, 0.6) is 0 Å². The molecule has 0 aliphatic rings. The minimum absolute atomic E-state index is 0.126. The Bertz CT molecular complexity index is 356. The van der Waals surface area contributed by atoms with Crippen LogP contribution in [0.1, 0.15) is 12.0 Å². The maximum absolute atomic E-state index is 13.1. The molecule has 0 saturated carbocycles. The second kappa shape index (κ2) is 4.78. The van der Waals surface area contributed by atoms with Crippen LogP contribution in [-0.2, 0) is 4.79 Å². The highest BCUT2D eigenvalue weighted by Crippen LogP contribution is 2.17. The Morgan fingerprint density at radius 2 is 2.31 bits per heavy atom. The molecule has 1 rings (SSSR count). The Morgan fingerprint density at radius 1 is 1.54 bits per heavy atom. The van der Waals surface area contributed by atoms with E-state index in [0.29, 0.717) is 16.3 Å². The molecule has 0 atom stereocenters. The van der Waals surface area contributed by atoms with Crippen molar-refractivity contribution in [3.05, 3.63) is 34.1 Å². The standard InChI is InChI=1S/C10H6BrFO/c11-9-5-3-6-10(12)8(9)4-1-2-7-13/h3,5-7H,2H2. The third-order valence-corrected chi connectivity index (χ3v) is 2.02. The lowest BCUT2D eigenvalue weighted by atomic mass is 10.2. The largest absolute Gasteiger partial charge is 0.302 e. The second-order valence-electron chi connectivity index (χ2n) is 2.27. The van der Waals surface area contributed by atoms with Gasteiger partial charge in [0, 0.05) is 4.47 Å². The molecule has 0 aliphatic heterocycles.